The minimum absolute atomic E-state index is 0.160. The van der Waals surface area contributed by atoms with Crippen LogP contribution in [0.4, 0.5) is 4.79 Å². The van der Waals surface area contributed by atoms with Crippen LogP contribution in [0.15, 0.2) is 54.6 Å². The molecule has 1 saturated heterocycles. The molecule has 7 heteroatoms. The molecule has 1 amide bonds. The van der Waals surface area contributed by atoms with Crippen LogP contribution in [-0.4, -0.2) is 48.1 Å². The normalized spacial score (nSPS) is 17.1. The fourth-order valence-corrected chi connectivity index (χ4v) is 3.73. The Hall–Kier alpha value is -2.41. The molecule has 2 N–H and O–H groups in total. The summed E-state index contributed by atoms with van der Waals surface area (Å²) < 4.78 is 5.17. The molecule has 1 fully saturated rings. The highest BCUT2D eigenvalue weighted by Crippen LogP contribution is 2.33. The molecular formula is C23H27ClN2O4. The summed E-state index contributed by atoms with van der Waals surface area (Å²) in [6.45, 7) is 2.24. The van der Waals surface area contributed by atoms with E-state index in [0.29, 0.717) is 43.9 Å². The van der Waals surface area contributed by atoms with Gasteiger partial charge in [-0.2, -0.15) is 0 Å². The number of benzene rings is 2. The second-order valence-corrected chi connectivity index (χ2v) is 8.05. The molecule has 1 unspecified atom stereocenters. The van der Waals surface area contributed by atoms with E-state index in [1.807, 2.05) is 42.5 Å². The van der Waals surface area contributed by atoms with Gasteiger partial charge in [-0.05, 0) is 42.5 Å². The Morgan fingerprint density at radius 3 is 2.47 bits per heavy atom. The average molecular weight is 431 g/mol. The number of halogens is 1. The minimum atomic E-state index is -0.857. The maximum absolute atomic E-state index is 12.0. The highest BCUT2D eigenvalue weighted by atomic mass is 35.5. The number of nitrogens with zero attached hydrogens (tertiary/aromatic N) is 1. The molecule has 0 spiro atoms. The number of ether oxygens (including phenoxy) is 1. The molecule has 3 rings (SSSR count). The fourth-order valence-electron chi connectivity index (χ4n) is 3.61. The van der Waals surface area contributed by atoms with Gasteiger partial charge in [-0.1, -0.05) is 54.1 Å². The fraction of sp³-hybridized carbons (Fsp3) is 0.391. The molecule has 0 radical (unpaired) electrons. The van der Waals surface area contributed by atoms with Gasteiger partial charge in [0.1, 0.15) is 12.9 Å². The summed E-state index contributed by atoms with van der Waals surface area (Å²) in [5, 5.41) is 14.2. The summed E-state index contributed by atoms with van der Waals surface area (Å²) in [4.78, 5) is 25.5. The van der Waals surface area contributed by atoms with Crippen molar-refractivity contribution in [3.63, 3.8) is 0 Å². The quantitative estimate of drug-likeness (QED) is 0.626. The van der Waals surface area contributed by atoms with E-state index >= 15 is 0 Å². The van der Waals surface area contributed by atoms with E-state index in [1.165, 1.54) is 0 Å². The van der Waals surface area contributed by atoms with E-state index in [9.17, 15) is 14.7 Å². The number of aldehydes is 1. The van der Waals surface area contributed by atoms with Gasteiger partial charge in [-0.3, -0.25) is 0 Å². The molecule has 0 saturated carbocycles. The largest absolute Gasteiger partial charge is 0.445 e. The van der Waals surface area contributed by atoms with Crippen LogP contribution in [0, 0.1) is 0 Å². The van der Waals surface area contributed by atoms with Gasteiger partial charge < -0.3 is 24.9 Å². The second-order valence-electron chi connectivity index (χ2n) is 7.62. The summed E-state index contributed by atoms with van der Waals surface area (Å²) in [5.74, 6) is 0. The monoisotopic (exact) mass is 430 g/mol. The van der Waals surface area contributed by atoms with E-state index in [4.69, 9.17) is 16.3 Å². The SMILES string of the molecule is O=CC(CCN1CCC(O)(c2ccc(Cl)cc2)CC1)NC(=O)OCc1ccccc1. The van der Waals surface area contributed by atoms with Gasteiger partial charge in [-0.15, -0.1) is 0 Å². The molecule has 6 nitrogen and oxygen atoms in total. The molecular weight excluding hydrogens is 404 g/mol. The van der Waals surface area contributed by atoms with Gasteiger partial charge >= 0.3 is 6.09 Å². The third kappa shape index (κ3) is 6.29. The van der Waals surface area contributed by atoms with Crippen molar-refractivity contribution in [1.82, 2.24) is 10.2 Å². The number of hydrogen-bond donors (Lipinski definition) is 2. The number of alkyl carbamates (subject to hydrolysis) is 1. The van der Waals surface area contributed by atoms with E-state index in [1.54, 1.807) is 12.1 Å². The smallest absolute Gasteiger partial charge is 0.408 e. The van der Waals surface area contributed by atoms with Crippen molar-refractivity contribution in [3.8, 4) is 0 Å². The molecule has 2 aromatic rings. The van der Waals surface area contributed by atoms with Gasteiger partial charge in [0.05, 0.1) is 11.6 Å². The van der Waals surface area contributed by atoms with Crippen molar-refractivity contribution >= 4 is 24.0 Å². The van der Waals surface area contributed by atoms with Crippen molar-refractivity contribution in [2.24, 2.45) is 0 Å². The van der Waals surface area contributed by atoms with Crippen LogP contribution in [0.1, 0.15) is 30.4 Å². The number of piperidine rings is 1. The zero-order chi connectivity index (χ0) is 21.4. The molecule has 160 valence electrons. The summed E-state index contributed by atoms with van der Waals surface area (Å²) in [7, 11) is 0. The predicted octanol–water partition coefficient (Wildman–Crippen LogP) is 3.51. The van der Waals surface area contributed by atoms with Gasteiger partial charge in [0.15, 0.2) is 0 Å². The summed E-state index contributed by atoms with van der Waals surface area (Å²) in [5.41, 5.74) is 0.905. The zero-order valence-electron chi connectivity index (χ0n) is 16.8. The van der Waals surface area contributed by atoms with Crippen molar-refractivity contribution in [3.05, 3.63) is 70.7 Å². The maximum Gasteiger partial charge on any atom is 0.408 e. The van der Waals surface area contributed by atoms with Crippen LogP contribution < -0.4 is 5.32 Å². The lowest BCUT2D eigenvalue weighted by Gasteiger charge is -2.38. The second kappa shape index (κ2) is 10.6. The van der Waals surface area contributed by atoms with E-state index in [2.05, 4.69) is 10.2 Å². The van der Waals surface area contributed by atoms with E-state index < -0.39 is 17.7 Å². The van der Waals surface area contributed by atoms with Crippen LogP contribution in [0.2, 0.25) is 5.02 Å². The Morgan fingerprint density at radius 1 is 1.17 bits per heavy atom. The molecule has 30 heavy (non-hydrogen) atoms. The molecule has 1 atom stereocenters. The number of likely N-dealkylation sites (tertiary alicyclic amines) is 1. The standard InChI is InChI=1S/C23H27ClN2O4/c24-20-8-6-19(7-9-20)23(29)11-14-26(15-12-23)13-10-21(16-27)25-22(28)30-17-18-4-2-1-3-5-18/h1-9,16,21,29H,10-15,17H2,(H,25,28). The maximum atomic E-state index is 12.0. The van der Waals surface area contributed by atoms with Crippen LogP contribution >= 0.6 is 11.6 Å². The van der Waals surface area contributed by atoms with Gasteiger partial charge in [0, 0.05) is 24.7 Å². The Morgan fingerprint density at radius 2 is 1.83 bits per heavy atom. The zero-order valence-corrected chi connectivity index (χ0v) is 17.6. The molecule has 1 aliphatic rings. The predicted molar refractivity (Wildman–Crippen MR) is 115 cm³/mol. The third-order valence-corrected chi connectivity index (χ3v) is 5.75. The van der Waals surface area contributed by atoms with Crippen molar-refractivity contribution in [2.75, 3.05) is 19.6 Å². The number of hydrogen-bond acceptors (Lipinski definition) is 5. The molecule has 1 heterocycles. The first-order chi connectivity index (χ1) is 14.5. The van der Waals surface area contributed by atoms with Gasteiger partial charge in [-0.25, -0.2) is 4.79 Å². The average Bonchev–Trinajstić information content (AvgIpc) is 2.77. The topological polar surface area (TPSA) is 78.9 Å². The van der Waals surface area contributed by atoms with Crippen LogP contribution in [0.5, 0.6) is 0 Å². The first-order valence-electron chi connectivity index (χ1n) is 10.1. The van der Waals surface area contributed by atoms with E-state index in [-0.39, 0.29) is 6.61 Å². The van der Waals surface area contributed by atoms with Gasteiger partial charge in [0.25, 0.3) is 0 Å². The Kier molecular flexibility index (Phi) is 7.85. The number of carbonyl (C=O) groups is 2. The minimum Gasteiger partial charge on any atom is -0.445 e. The molecule has 2 aromatic carbocycles. The molecule has 0 bridgehead atoms. The van der Waals surface area contributed by atoms with Crippen LogP contribution in [0.25, 0.3) is 0 Å². The highest BCUT2D eigenvalue weighted by Gasteiger charge is 2.33. The number of rotatable bonds is 8. The van der Waals surface area contributed by atoms with E-state index in [0.717, 1.165) is 17.4 Å². The Bertz CT molecular complexity index is 821. The molecule has 1 aliphatic heterocycles. The van der Waals surface area contributed by atoms with Gasteiger partial charge in [0.2, 0.25) is 0 Å². The lowest BCUT2D eigenvalue weighted by atomic mass is 9.84. The van der Waals surface area contributed by atoms with Crippen LogP contribution in [0.3, 0.4) is 0 Å². The molecule has 0 aliphatic carbocycles. The summed E-state index contributed by atoms with van der Waals surface area (Å²) in [6, 6.07) is 16.1. The lowest BCUT2D eigenvalue weighted by Crippen LogP contribution is -2.45. The third-order valence-electron chi connectivity index (χ3n) is 5.50. The number of nitrogens with one attached hydrogen (secondary N) is 1. The Labute approximate surface area is 181 Å². The van der Waals surface area contributed by atoms with Crippen molar-refractivity contribution < 1.29 is 19.4 Å². The molecule has 0 aromatic heterocycles. The summed E-state index contributed by atoms with van der Waals surface area (Å²) >= 11 is 5.93. The summed E-state index contributed by atoms with van der Waals surface area (Å²) in [6.07, 6.45) is 1.83. The highest BCUT2D eigenvalue weighted by molar-refractivity contribution is 6.30. The first-order valence-corrected chi connectivity index (χ1v) is 10.5. The van der Waals surface area contributed by atoms with Crippen molar-refractivity contribution in [2.45, 2.75) is 37.5 Å². The first kappa shape index (κ1) is 22.3. The van der Waals surface area contributed by atoms with Crippen LogP contribution in [-0.2, 0) is 21.7 Å². The lowest BCUT2D eigenvalue weighted by molar-refractivity contribution is -0.109. The van der Waals surface area contributed by atoms with Crippen molar-refractivity contribution in [1.29, 1.82) is 0 Å². The Balaban J connectivity index is 1.40. The number of aliphatic hydroxyl groups is 1. The number of amides is 1. The number of carbonyl (C=O) groups excluding carboxylic acids is 2.